The number of piperidine rings is 2. The van der Waals surface area contributed by atoms with E-state index < -0.39 is 30.2 Å². The van der Waals surface area contributed by atoms with Crippen molar-refractivity contribution >= 4 is 5.69 Å². The van der Waals surface area contributed by atoms with Gasteiger partial charge in [0.15, 0.2) is 0 Å². The fourth-order valence-corrected chi connectivity index (χ4v) is 3.78. The minimum atomic E-state index is -4.44. The fraction of sp³-hybridized carbons (Fsp3) is 0.706. The van der Waals surface area contributed by atoms with Gasteiger partial charge in [0.1, 0.15) is 11.8 Å². The molecule has 3 N–H and O–H groups in total. The molecular formula is C17H24F3N3O3. The molecule has 0 spiro atoms. The fourth-order valence-electron chi connectivity index (χ4n) is 3.78. The highest BCUT2D eigenvalue weighted by Crippen LogP contribution is 2.30. The molecular weight excluding hydrogens is 351 g/mol. The van der Waals surface area contributed by atoms with Gasteiger partial charge in [0.2, 0.25) is 0 Å². The van der Waals surface area contributed by atoms with Gasteiger partial charge in [0, 0.05) is 32.7 Å². The average molecular weight is 375 g/mol. The van der Waals surface area contributed by atoms with Crippen molar-refractivity contribution in [1.82, 2.24) is 9.88 Å². The third kappa shape index (κ3) is 4.46. The molecule has 1 aromatic rings. The van der Waals surface area contributed by atoms with Gasteiger partial charge in [-0.1, -0.05) is 0 Å². The Labute approximate surface area is 149 Å². The molecule has 146 valence electrons. The molecule has 3 rings (SSSR count). The van der Waals surface area contributed by atoms with Gasteiger partial charge in [-0.15, -0.1) is 0 Å². The maximum absolute atomic E-state index is 12.6. The predicted molar refractivity (Wildman–Crippen MR) is 88.6 cm³/mol. The number of halogens is 3. The van der Waals surface area contributed by atoms with Crippen molar-refractivity contribution < 1.29 is 28.5 Å². The predicted octanol–water partition coefficient (Wildman–Crippen LogP) is 0.715. The molecule has 9 heteroatoms. The normalized spacial score (nSPS) is 31.2. The van der Waals surface area contributed by atoms with Crippen LogP contribution in [0.2, 0.25) is 0 Å². The molecule has 6 nitrogen and oxygen atoms in total. The summed E-state index contributed by atoms with van der Waals surface area (Å²) in [4.78, 5) is 7.48. The van der Waals surface area contributed by atoms with Crippen LogP contribution in [0.4, 0.5) is 18.9 Å². The molecule has 0 bridgehead atoms. The van der Waals surface area contributed by atoms with Crippen LogP contribution in [0, 0.1) is 5.92 Å². The zero-order chi connectivity index (χ0) is 18.9. The molecule has 2 unspecified atom stereocenters. The van der Waals surface area contributed by atoms with E-state index >= 15 is 0 Å². The third-order valence-electron chi connectivity index (χ3n) is 5.12. The summed E-state index contributed by atoms with van der Waals surface area (Å²) in [7, 11) is 0. The molecule has 26 heavy (non-hydrogen) atoms. The van der Waals surface area contributed by atoms with E-state index in [1.165, 1.54) is 12.3 Å². The lowest BCUT2D eigenvalue weighted by atomic mass is 9.94. The Morgan fingerprint density at radius 2 is 1.77 bits per heavy atom. The number of nitrogens with zero attached hydrogens (tertiary/aromatic N) is 3. The number of rotatable bonds is 3. The lowest BCUT2D eigenvalue weighted by Gasteiger charge is -2.41. The largest absolute Gasteiger partial charge is 0.433 e. The van der Waals surface area contributed by atoms with Gasteiger partial charge in [-0.2, -0.15) is 13.2 Å². The molecule has 3 heterocycles. The number of hydrogen-bond donors (Lipinski definition) is 3. The number of aromatic nitrogens is 1. The van der Waals surface area contributed by atoms with Crippen LogP contribution >= 0.6 is 0 Å². The summed E-state index contributed by atoms with van der Waals surface area (Å²) in [6.07, 6.45) is -4.37. The van der Waals surface area contributed by atoms with Crippen molar-refractivity contribution in [2.45, 2.75) is 37.3 Å². The van der Waals surface area contributed by atoms with Crippen molar-refractivity contribution in [2.24, 2.45) is 5.92 Å². The second-order valence-corrected chi connectivity index (χ2v) is 7.20. The Morgan fingerprint density at radius 3 is 2.35 bits per heavy atom. The maximum atomic E-state index is 12.6. The quantitative estimate of drug-likeness (QED) is 0.722. The summed E-state index contributed by atoms with van der Waals surface area (Å²) in [5.74, 6) is 0.265. The van der Waals surface area contributed by atoms with Gasteiger partial charge in [0.05, 0.1) is 24.1 Å². The van der Waals surface area contributed by atoms with Crippen LogP contribution in [-0.2, 0) is 6.18 Å². The molecule has 2 saturated heterocycles. The van der Waals surface area contributed by atoms with Crippen molar-refractivity contribution in [3.05, 3.63) is 24.0 Å². The first kappa shape index (κ1) is 19.3. The van der Waals surface area contributed by atoms with E-state index in [-0.39, 0.29) is 5.92 Å². The van der Waals surface area contributed by atoms with Crippen LogP contribution in [0.1, 0.15) is 18.5 Å². The first-order valence-corrected chi connectivity index (χ1v) is 8.79. The zero-order valence-corrected chi connectivity index (χ0v) is 14.3. The first-order chi connectivity index (χ1) is 12.2. The van der Waals surface area contributed by atoms with Gasteiger partial charge in [0.25, 0.3) is 0 Å². The Balaban J connectivity index is 1.59. The number of anilines is 1. The minimum Gasteiger partial charge on any atom is -0.389 e. The summed E-state index contributed by atoms with van der Waals surface area (Å²) in [5.41, 5.74) is -0.235. The number of likely N-dealkylation sites (tertiary alicyclic amines) is 1. The van der Waals surface area contributed by atoms with E-state index in [0.29, 0.717) is 31.9 Å². The van der Waals surface area contributed by atoms with Crippen LogP contribution in [0.5, 0.6) is 0 Å². The van der Waals surface area contributed by atoms with Crippen LogP contribution in [-0.4, -0.2) is 76.2 Å². The summed E-state index contributed by atoms with van der Waals surface area (Å²) in [6.45, 7) is 2.70. The van der Waals surface area contributed by atoms with Gasteiger partial charge in [-0.3, -0.25) is 4.90 Å². The number of hydrogen-bond acceptors (Lipinski definition) is 6. The molecule has 0 aliphatic carbocycles. The Morgan fingerprint density at radius 1 is 1.08 bits per heavy atom. The SMILES string of the molecule is OC1CN(C[C@H]2CCCN(c3ccc(C(F)(F)F)nc3)C2)CC(O)C1O. The molecule has 2 aliphatic heterocycles. The van der Waals surface area contributed by atoms with Crippen LogP contribution in [0.3, 0.4) is 0 Å². The van der Waals surface area contributed by atoms with Crippen molar-refractivity contribution in [1.29, 1.82) is 0 Å². The standard InChI is InChI=1S/C17H24F3N3O3/c18-17(19,20)15-4-3-12(6-21-15)23-5-1-2-11(8-23)7-22-9-13(24)16(26)14(25)10-22/h3-4,6,11,13-14,16,24-26H,1-2,5,7-10H2/t11-,13?,14?,16?/m1/s1. The Bertz CT molecular complexity index is 587. The lowest BCUT2D eigenvalue weighted by molar-refractivity contribution is -0.141. The van der Waals surface area contributed by atoms with E-state index in [2.05, 4.69) is 4.98 Å². The molecule has 0 radical (unpaired) electrons. The van der Waals surface area contributed by atoms with E-state index in [0.717, 1.165) is 25.5 Å². The van der Waals surface area contributed by atoms with Gasteiger partial charge in [-0.25, -0.2) is 4.98 Å². The molecule has 2 aliphatic rings. The smallest absolute Gasteiger partial charge is 0.389 e. The number of alkyl halides is 3. The van der Waals surface area contributed by atoms with Gasteiger partial charge in [-0.05, 0) is 30.9 Å². The molecule has 0 amide bonds. The highest BCUT2D eigenvalue weighted by atomic mass is 19.4. The summed E-state index contributed by atoms with van der Waals surface area (Å²) in [5, 5.41) is 29.2. The molecule has 2 fully saturated rings. The summed E-state index contributed by atoms with van der Waals surface area (Å²) < 4.78 is 37.9. The van der Waals surface area contributed by atoms with E-state index in [4.69, 9.17) is 0 Å². The topological polar surface area (TPSA) is 80.1 Å². The Hall–Kier alpha value is -1.42. The van der Waals surface area contributed by atoms with Crippen molar-refractivity contribution in [2.75, 3.05) is 37.6 Å². The highest BCUT2D eigenvalue weighted by Gasteiger charge is 2.35. The number of aliphatic hydroxyl groups excluding tert-OH is 3. The zero-order valence-electron chi connectivity index (χ0n) is 14.3. The number of β-amino-alcohol motifs (C(OH)–C–C–N with tert-alkyl or cyclic N) is 2. The first-order valence-electron chi connectivity index (χ1n) is 8.79. The summed E-state index contributed by atoms with van der Waals surface area (Å²) in [6, 6.07) is 2.45. The minimum absolute atomic E-state index is 0.265. The van der Waals surface area contributed by atoms with Crippen LogP contribution in [0.25, 0.3) is 0 Å². The number of pyridine rings is 1. The van der Waals surface area contributed by atoms with Gasteiger partial charge < -0.3 is 20.2 Å². The average Bonchev–Trinajstić information content (AvgIpc) is 2.59. The second kappa shape index (κ2) is 7.67. The van der Waals surface area contributed by atoms with E-state index in [1.54, 1.807) is 0 Å². The van der Waals surface area contributed by atoms with Crippen LogP contribution in [0.15, 0.2) is 18.3 Å². The molecule has 3 atom stereocenters. The van der Waals surface area contributed by atoms with Crippen molar-refractivity contribution in [3.63, 3.8) is 0 Å². The Kier molecular flexibility index (Phi) is 5.71. The van der Waals surface area contributed by atoms with E-state index in [9.17, 15) is 28.5 Å². The van der Waals surface area contributed by atoms with Crippen molar-refractivity contribution in [3.8, 4) is 0 Å². The third-order valence-corrected chi connectivity index (χ3v) is 5.12. The van der Waals surface area contributed by atoms with E-state index in [1.807, 2.05) is 9.80 Å². The maximum Gasteiger partial charge on any atom is 0.433 e. The molecule has 0 saturated carbocycles. The second-order valence-electron chi connectivity index (χ2n) is 7.20. The number of aliphatic hydroxyl groups is 3. The monoisotopic (exact) mass is 375 g/mol. The molecule has 1 aromatic heterocycles. The van der Waals surface area contributed by atoms with Crippen LogP contribution < -0.4 is 4.90 Å². The molecule has 0 aromatic carbocycles. The lowest BCUT2D eigenvalue weighted by Crippen LogP contribution is -2.56. The highest BCUT2D eigenvalue weighted by molar-refractivity contribution is 5.45. The van der Waals surface area contributed by atoms with Gasteiger partial charge >= 0.3 is 6.18 Å². The summed E-state index contributed by atoms with van der Waals surface area (Å²) >= 11 is 0.